The predicted molar refractivity (Wildman–Crippen MR) is 61.7 cm³/mol. The van der Waals surface area contributed by atoms with Crippen molar-refractivity contribution in [3.05, 3.63) is 23.9 Å². The number of aromatic nitrogens is 1. The standard InChI is InChI=1S/C13H17NO2/c1-10(15)12-6-7-14-13(8-12)16-9-11-4-2-3-5-11/h6-8,11H,2-5,9H2,1H3. The maximum absolute atomic E-state index is 11.2. The first-order valence-corrected chi connectivity index (χ1v) is 5.85. The maximum Gasteiger partial charge on any atom is 0.213 e. The van der Waals surface area contributed by atoms with Gasteiger partial charge in [-0.25, -0.2) is 4.98 Å². The number of ether oxygens (including phenoxy) is 1. The van der Waals surface area contributed by atoms with Crippen LogP contribution in [0.4, 0.5) is 0 Å². The molecule has 1 saturated carbocycles. The van der Waals surface area contributed by atoms with Crippen molar-refractivity contribution >= 4 is 5.78 Å². The van der Waals surface area contributed by atoms with Crippen molar-refractivity contribution in [1.82, 2.24) is 4.98 Å². The molecule has 1 aliphatic rings. The Labute approximate surface area is 95.8 Å². The van der Waals surface area contributed by atoms with E-state index in [1.807, 2.05) is 0 Å². The molecule has 86 valence electrons. The fourth-order valence-corrected chi connectivity index (χ4v) is 2.09. The zero-order chi connectivity index (χ0) is 11.4. The van der Waals surface area contributed by atoms with Crippen LogP contribution in [0.15, 0.2) is 18.3 Å². The third-order valence-electron chi connectivity index (χ3n) is 3.08. The van der Waals surface area contributed by atoms with Gasteiger partial charge >= 0.3 is 0 Å². The minimum atomic E-state index is 0.0492. The minimum absolute atomic E-state index is 0.0492. The average Bonchev–Trinajstić information content (AvgIpc) is 2.79. The molecule has 0 unspecified atom stereocenters. The molecule has 1 aromatic heterocycles. The van der Waals surface area contributed by atoms with Gasteiger partial charge in [-0.3, -0.25) is 4.79 Å². The Kier molecular flexibility index (Phi) is 3.54. The molecule has 1 heterocycles. The lowest BCUT2D eigenvalue weighted by Crippen LogP contribution is -2.09. The quantitative estimate of drug-likeness (QED) is 0.731. The maximum atomic E-state index is 11.2. The van der Waals surface area contributed by atoms with Crippen molar-refractivity contribution in [1.29, 1.82) is 0 Å². The second-order valence-electron chi connectivity index (χ2n) is 4.40. The van der Waals surface area contributed by atoms with Gasteiger partial charge in [-0.05, 0) is 31.7 Å². The lowest BCUT2D eigenvalue weighted by Gasteiger charge is -2.10. The Hall–Kier alpha value is -1.38. The zero-order valence-electron chi connectivity index (χ0n) is 9.61. The van der Waals surface area contributed by atoms with E-state index in [2.05, 4.69) is 4.98 Å². The number of carbonyl (C=O) groups excluding carboxylic acids is 1. The van der Waals surface area contributed by atoms with Gasteiger partial charge in [0.1, 0.15) is 0 Å². The molecule has 0 spiro atoms. The zero-order valence-corrected chi connectivity index (χ0v) is 9.61. The summed E-state index contributed by atoms with van der Waals surface area (Å²) in [6.07, 6.45) is 6.77. The second kappa shape index (κ2) is 5.10. The normalized spacial score (nSPS) is 16.3. The Morgan fingerprint density at radius 1 is 1.50 bits per heavy atom. The fourth-order valence-electron chi connectivity index (χ4n) is 2.09. The summed E-state index contributed by atoms with van der Waals surface area (Å²) >= 11 is 0. The molecule has 1 fully saturated rings. The van der Waals surface area contributed by atoms with E-state index in [1.54, 1.807) is 25.3 Å². The van der Waals surface area contributed by atoms with Crippen molar-refractivity contribution in [2.45, 2.75) is 32.6 Å². The van der Waals surface area contributed by atoms with Crippen molar-refractivity contribution < 1.29 is 9.53 Å². The van der Waals surface area contributed by atoms with Crippen molar-refractivity contribution in [3.63, 3.8) is 0 Å². The van der Waals surface area contributed by atoms with Crippen molar-refractivity contribution in [3.8, 4) is 5.88 Å². The number of hydrogen-bond acceptors (Lipinski definition) is 3. The highest BCUT2D eigenvalue weighted by atomic mass is 16.5. The number of nitrogens with zero attached hydrogens (tertiary/aromatic N) is 1. The highest BCUT2D eigenvalue weighted by Crippen LogP contribution is 2.25. The van der Waals surface area contributed by atoms with E-state index in [4.69, 9.17) is 4.74 Å². The summed E-state index contributed by atoms with van der Waals surface area (Å²) in [5.41, 5.74) is 0.663. The van der Waals surface area contributed by atoms with Gasteiger partial charge in [0.25, 0.3) is 0 Å². The average molecular weight is 219 g/mol. The molecule has 0 atom stereocenters. The Morgan fingerprint density at radius 2 is 2.25 bits per heavy atom. The fraction of sp³-hybridized carbons (Fsp3) is 0.538. The topological polar surface area (TPSA) is 39.2 Å². The predicted octanol–water partition coefficient (Wildman–Crippen LogP) is 2.85. The van der Waals surface area contributed by atoms with E-state index in [9.17, 15) is 4.79 Å². The van der Waals surface area contributed by atoms with Crippen LogP contribution in [0.1, 0.15) is 43.0 Å². The summed E-state index contributed by atoms with van der Waals surface area (Å²) < 4.78 is 5.62. The molecular formula is C13H17NO2. The highest BCUT2D eigenvalue weighted by Gasteiger charge is 2.15. The molecule has 3 heteroatoms. The van der Waals surface area contributed by atoms with Gasteiger partial charge in [0.2, 0.25) is 5.88 Å². The van der Waals surface area contributed by atoms with Crippen LogP contribution >= 0.6 is 0 Å². The Morgan fingerprint density at radius 3 is 2.94 bits per heavy atom. The molecule has 16 heavy (non-hydrogen) atoms. The van der Waals surface area contributed by atoms with E-state index < -0.39 is 0 Å². The Balaban J connectivity index is 1.93. The molecule has 0 radical (unpaired) electrons. The van der Waals surface area contributed by atoms with E-state index >= 15 is 0 Å². The molecule has 0 aliphatic heterocycles. The van der Waals surface area contributed by atoms with E-state index in [-0.39, 0.29) is 5.78 Å². The van der Waals surface area contributed by atoms with Crippen LogP contribution < -0.4 is 4.74 Å². The summed E-state index contributed by atoms with van der Waals surface area (Å²) in [5, 5.41) is 0. The van der Waals surface area contributed by atoms with E-state index in [0.717, 1.165) is 6.61 Å². The third kappa shape index (κ3) is 2.81. The van der Waals surface area contributed by atoms with Gasteiger partial charge in [0, 0.05) is 17.8 Å². The molecule has 3 nitrogen and oxygen atoms in total. The van der Waals surface area contributed by atoms with Gasteiger partial charge in [-0.15, -0.1) is 0 Å². The van der Waals surface area contributed by atoms with Crippen LogP contribution in [0.5, 0.6) is 5.88 Å². The molecule has 0 aromatic carbocycles. The lowest BCUT2D eigenvalue weighted by molar-refractivity contribution is 0.101. The van der Waals surface area contributed by atoms with Crippen LogP contribution in [0.2, 0.25) is 0 Å². The summed E-state index contributed by atoms with van der Waals surface area (Å²) in [6.45, 7) is 2.28. The molecule has 1 aromatic rings. The van der Waals surface area contributed by atoms with E-state index in [1.165, 1.54) is 25.7 Å². The third-order valence-corrected chi connectivity index (χ3v) is 3.08. The number of carbonyl (C=O) groups is 1. The smallest absolute Gasteiger partial charge is 0.213 e. The van der Waals surface area contributed by atoms with Gasteiger partial charge in [-0.2, -0.15) is 0 Å². The van der Waals surface area contributed by atoms with Crippen LogP contribution in [-0.4, -0.2) is 17.4 Å². The number of Topliss-reactive ketones (excluding diaryl/α,β-unsaturated/α-hetero) is 1. The number of hydrogen-bond donors (Lipinski definition) is 0. The number of rotatable bonds is 4. The van der Waals surface area contributed by atoms with Crippen molar-refractivity contribution in [2.75, 3.05) is 6.61 Å². The van der Waals surface area contributed by atoms with Crippen LogP contribution in [0.25, 0.3) is 0 Å². The SMILES string of the molecule is CC(=O)c1ccnc(OCC2CCCC2)c1. The first kappa shape index (κ1) is 11.1. The molecule has 0 N–H and O–H groups in total. The summed E-state index contributed by atoms with van der Waals surface area (Å²) in [4.78, 5) is 15.3. The van der Waals surface area contributed by atoms with Crippen molar-refractivity contribution in [2.24, 2.45) is 5.92 Å². The van der Waals surface area contributed by atoms with Gasteiger partial charge in [0.05, 0.1) is 6.61 Å². The number of pyridine rings is 1. The van der Waals surface area contributed by atoms with Crippen LogP contribution in [0, 0.1) is 5.92 Å². The monoisotopic (exact) mass is 219 g/mol. The molecular weight excluding hydrogens is 202 g/mol. The lowest BCUT2D eigenvalue weighted by atomic mass is 10.1. The highest BCUT2D eigenvalue weighted by molar-refractivity contribution is 5.94. The van der Waals surface area contributed by atoms with E-state index in [0.29, 0.717) is 17.4 Å². The van der Waals surface area contributed by atoms with Crippen LogP contribution in [-0.2, 0) is 0 Å². The Bertz CT molecular complexity index is 370. The summed E-state index contributed by atoms with van der Waals surface area (Å²) in [7, 11) is 0. The molecule has 0 amide bonds. The van der Waals surface area contributed by atoms with Gasteiger partial charge < -0.3 is 4.74 Å². The molecule has 2 rings (SSSR count). The largest absolute Gasteiger partial charge is 0.477 e. The molecule has 0 saturated heterocycles. The second-order valence-corrected chi connectivity index (χ2v) is 4.40. The summed E-state index contributed by atoms with van der Waals surface area (Å²) in [6, 6.07) is 3.43. The summed E-state index contributed by atoms with van der Waals surface area (Å²) in [5.74, 6) is 1.29. The number of ketones is 1. The molecule has 1 aliphatic carbocycles. The van der Waals surface area contributed by atoms with Crippen LogP contribution in [0.3, 0.4) is 0 Å². The first-order valence-electron chi connectivity index (χ1n) is 5.85. The first-order chi connectivity index (χ1) is 7.75. The van der Waals surface area contributed by atoms with Gasteiger partial charge in [-0.1, -0.05) is 12.8 Å². The minimum Gasteiger partial charge on any atom is -0.477 e. The molecule has 0 bridgehead atoms. The van der Waals surface area contributed by atoms with Gasteiger partial charge in [0.15, 0.2) is 5.78 Å².